The second kappa shape index (κ2) is 52.6. The van der Waals surface area contributed by atoms with Gasteiger partial charge in [-0.2, -0.15) is 0 Å². The van der Waals surface area contributed by atoms with Gasteiger partial charge in [0.15, 0.2) is 0 Å². The Labute approximate surface area is 450 Å². The Morgan fingerprint density at radius 2 is 0.849 bits per heavy atom. The van der Waals surface area contributed by atoms with E-state index in [-0.39, 0.29) is 31.5 Å². The third-order valence-electron chi connectivity index (χ3n) is 12.8. The molecule has 0 aromatic heterocycles. The molecule has 0 aliphatic carbocycles. The van der Waals surface area contributed by atoms with Gasteiger partial charge in [0, 0.05) is 12.8 Å². The second-order valence-corrected chi connectivity index (χ2v) is 22.6. The van der Waals surface area contributed by atoms with Gasteiger partial charge in [0.05, 0.1) is 33.8 Å². The van der Waals surface area contributed by atoms with E-state index in [1.54, 1.807) is 0 Å². The highest BCUT2D eigenvalue weighted by molar-refractivity contribution is 7.47. The molecule has 2 N–H and O–H groups in total. The van der Waals surface area contributed by atoms with Crippen molar-refractivity contribution < 1.29 is 37.3 Å². The van der Waals surface area contributed by atoms with E-state index in [0.29, 0.717) is 23.9 Å². The summed E-state index contributed by atoms with van der Waals surface area (Å²) in [6, 6.07) is -0.875. The first-order valence-corrected chi connectivity index (χ1v) is 31.4. The number of carbonyl (C=O) groups excluding carboxylic acids is 2. The zero-order chi connectivity index (χ0) is 53.6. The minimum atomic E-state index is -4.46. The lowest BCUT2D eigenvalue weighted by atomic mass is 10.0. The first-order chi connectivity index (χ1) is 35.4. The number of allylic oxidation sites excluding steroid dienone is 13. The van der Waals surface area contributed by atoms with Gasteiger partial charge >= 0.3 is 13.8 Å². The van der Waals surface area contributed by atoms with Crippen molar-refractivity contribution in [2.45, 2.75) is 264 Å². The third kappa shape index (κ3) is 53.8. The van der Waals surface area contributed by atoms with E-state index in [1.165, 1.54) is 128 Å². The fourth-order valence-corrected chi connectivity index (χ4v) is 8.87. The first kappa shape index (κ1) is 70.2. The summed E-state index contributed by atoms with van der Waals surface area (Å²) in [6.45, 7) is 6.91. The molecular formula is C63H114N2O7P+. The second-order valence-electron chi connectivity index (χ2n) is 21.2. The number of rotatable bonds is 53. The minimum absolute atomic E-state index is 0.0277. The lowest BCUT2D eigenvalue weighted by molar-refractivity contribution is -0.870. The van der Waals surface area contributed by atoms with Crippen molar-refractivity contribution in [3.63, 3.8) is 0 Å². The molecule has 0 fully saturated rings. The maximum absolute atomic E-state index is 13.5. The summed E-state index contributed by atoms with van der Waals surface area (Å²) < 4.78 is 30.6. The molecule has 9 nitrogen and oxygen atoms in total. The lowest BCUT2D eigenvalue weighted by Gasteiger charge is -2.27. The Bertz CT molecular complexity index is 1530. The highest BCUT2D eigenvalue weighted by atomic mass is 31.2. The van der Waals surface area contributed by atoms with Crippen molar-refractivity contribution in [1.29, 1.82) is 0 Å². The molecule has 0 aliphatic heterocycles. The number of esters is 1. The quantitative estimate of drug-likeness (QED) is 0.0205. The molecule has 1 amide bonds. The van der Waals surface area contributed by atoms with Crippen LogP contribution in [0.5, 0.6) is 0 Å². The molecule has 0 saturated carbocycles. The van der Waals surface area contributed by atoms with Crippen LogP contribution in [0, 0.1) is 0 Å². The predicted molar refractivity (Wildman–Crippen MR) is 314 cm³/mol. The molecule has 422 valence electrons. The van der Waals surface area contributed by atoms with E-state index in [9.17, 15) is 19.0 Å². The van der Waals surface area contributed by atoms with E-state index in [1.807, 2.05) is 33.3 Å². The van der Waals surface area contributed by atoms with Gasteiger partial charge in [0.1, 0.15) is 19.3 Å². The van der Waals surface area contributed by atoms with Crippen LogP contribution < -0.4 is 5.32 Å². The van der Waals surface area contributed by atoms with Crippen LogP contribution in [0.1, 0.15) is 252 Å². The molecule has 0 bridgehead atoms. The van der Waals surface area contributed by atoms with Crippen molar-refractivity contribution in [2.75, 3.05) is 40.9 Å². The first-order valence-electron chi connectivity index (χ1n) is 29.9. The van der Waals surface area contributed by atoms with E-state index >= 15 is 0 Å². The SMILES string of the molecule is CCCCC/C=C\C/C=C\C/C=C\C/C=C\CCCC(=O)OC(/C=C/CCCCCCCCCCC)C(COP(=O)(O)OCC[N+](C)(C)C)NC(=O)CCCCCCCCCCC/C=C\C/C=C\CCCCC. The number of amides is 1. The maximum atomic E-state index is 13.5. The number of hydrogen-bond acceptors (Lipinski definition) is 6. The molecule has 0 rings (SSSR count). The largest absolute Gasteiger partial charge is 0.472 e. The lowest BCUT2D eigenvalue weighted by Crippen LogP contribution is -2.47. The molecule has 0 heterocycles. The molecule has 0 radical (unpaired) electrons. The third-order valence-corrected chi connectivity index (χ3v) is 13.8. The summed E-state index contributed by atoms with van der Waals surface area (Å²) in [5.41, 5.74) is 0. The number of nitrogens with zero attached hydrogens (tertiary/aromatic N) is 1. The number of phosphoric acid groups is 1. The number of likely N-dealkylation sites (N-methyl/N-ethyl adjacent to an activating group) is 1. The number of phosphoric ester groups is 1. The average Bonchev–Trinajstić information content (AvgIpc) is 3.35. The Hall–Kier alpha value is -2.81. The van der Waals surface area contributed by atoms with Crippen LogP contribution in [-0.2, 0) is 27.9 Å². The Morgan fingerprint density at radius 1 is 0.479 bits per heavy atom. The van der Waals surface area contributed by atoms with Crippen molar-refractivity contribution in [1.82, 2.24) is 5.32 Å². The average molecular weight is 1040 g/mol. The summed E-state index contributed by atoms with van der Waals surface area (Å²) in [6.07, 6.45) is 68.7. The van der Waals surface area contributed by atoms with Gasteiger partial charge in [-0.15, -0.1) is 0 Å². The molecule has 0 spiro atoms. The molecule has 0 saturated heterocycles. The van der Waals surface area contributed by atoms with Gasteiger partial charge < -0.3 is 19.4 Å². The fraction of sp³-hybridized carbons (Fsp3) is 0.746. The summed E-state index contributed by atoms with van der Waals surface area (Å²) in [5.74, 6) is -0.578. The van der Waals surface area contributed by atoms with Crippen LogP contribution in [-0.4, -0.2) is 74.3 Å². The van der Waals surface area contributed by atoms with Crippen molar-refractivity contribution in [3.8, 4) is 0 Å². The smallest absolute Gasteiger partial charge is 0.456 e. The molecule has 0 aromatic rings. The van der Waals surface area contributed by atoms with Crippen LogP contribution in [0.3, 0.4) is 0 Å². The standard InChI is InChI=1S/C63H113N2O7P/c1-7-10-13-16-19-22-25-27-29-31-32-34-35-37-40-43-46-49-52-55-62(66)64-60(59-71-73(68,69)70-58-57-65(4,5)6)61(54-51-48-45-42-39-24-21-18-15-12-9-3)72-63(67)56-53-50-47-44-41-38-36-33-30-28-26-23-20-17-14-11-8-2/h19-20,22-23,27-30,36,38,44,47,51,54,60-61H,7-18,21,24-26,31-35,37,39-43,45-46,48-50,52-53,55-59H2,1-6H3,(H-,64,66,68,69)/p+1/b22-19-,23-20-,29-27-,30-28-,38-36-,47-44-,54-51+. The van der Waals surface area contributed by atoms with E-state index < -0.39 is 20.0 Å². The van der Waals surface area contributed by atoms with Crippen LogP contribution in [0.2, 0.25) is 0 Å². The molecule has 0 aromatic carbocycles. The summed E-state index contributed by atoms with van der Waals surface area (Å²) in [7, 11) is 1.46. The summed E-state index contributed by atoms with van der Waals surface area (Å²) in [4.78, 5) is 37.6. The van der Waals surface area contributed by atoms with E-state index in [4.69, 9.17) is 13.8 Å². The van der Waals surface area contributed by atoms with Gasteiger partial charge in [-0.25, -0.2) is 4.57 Å². The number of carbonyl (C=O) groups is 2. The molecule has 3 atom stereocenters. The highest BCUT2D eigenvalue weighted by Gasteiger charge is 2.30. The van der Waals surface area contributed by atoms with Gasteiger partial charge in [-0.05, 0) is 102 Å². The normalized spacial score (nSPS) is 14.3. The van der Waals surface area contributed by atoms with E-state index in [2.05, 4.69) is 99.0 Å². The fourth-order valence-electron chi connectivity index (χ4n) is 8.14. The number of nitrogens with one attached hydrogen (secondary N) is 1. The number of hydrogen-bond donors (Lipinski definition) is 2. The number of unbranched alkanes of at least 4 members (excludes halogenated alkanes) is 25. The van der Waals surface area contributed by atoms with Gasteiger partial charge in [-0.3, -0.25) is 18.6 Å². The minimum Gasteiger partial charge on any atom is -0.456 e. The molecule has 0 aliphatic rings. The number of ether oxygens (including phenoxy) is 1. The maximum Gasteiger partial charge on any atom is 0.472 e. The molecule has 3 unspecified atom stereocenters. The Balaban J connectivity index is 5.35. The topological polar surface area (TPSA) is 111 Å². The summed E-state index contributed by atoms with van der Waals surface area (Å²) >= 11 is 0. The monoisotopic (exact) mass is 1040 g/mol. The van der Waals surface area contributed by atoms with Crippen LogP contribution in [0.25, 0.3) is 0 Å². The molecular weight excluding hydrogens is 928 g/mol. The van der Waals surface area contributed by atoms with Crippen LogP contribution in [0.15, 0.2) is 85.1 Å². The number of quaternary nitrogens is 1. The van der Waals surface area contributed by atoms with Gasteiger partial charge in [0.25, 0.3) is 0 Å². The van der Waals surface area contributed by atoms with Gasteiger partial charge in [0.2, 0.25) is 5.91 Å². The van der Waals surface area contributed by atoms with Crippen molar-refractivity contribution >= 4 is 19.7 Å². The van der Waals surface area contributed by atoms with Gasteiger partial charge in [-0.1, -0.05) is 222 Å². The van der Waals surface area contributed by atoms with Crippen LogP contribution >= 0.6 is 7.82 Å². The summed E-state index contributed by atoms with van der Waals surface area (Å²) in [5, 5.41) is 3.03. The zero-order valence-corrected chi connectivity index (χ0v) is 49.0. The molecule has 10 heteroatoms. The Kier molecular flexibility index (Phi) is 50.6. The van der Waals surface area contributed by atoms with E-state index in [0.717, 1.165) is 83.5 Å². The Morgan fingerprint density at radius 3 is 1.30 bits per heavy atom. The highest BCUT2D eigenvalue weighted by Crippen LogP contribution is 2.43. The van der Waals surface area contributed by atoms with Crippen molar-refractivity contribution in [2.24, 2.45) is 0 Å². The van der Waals surface area contributed by atoms with Crippen LogP contribution in [0.4, 0.5) is 0 Å². The van der Waals surface area contributed by atoms with Crippen molar-refractivity contribution in [3.05, 3.63) is 85.1 Å². The zero-order valence-electron chi connectivity index (χ0n) is 48.1. The molecule has 73 heavy (non-hydrogen) atoms. The predicted octanol–water partition coefficient (Wildman–Crippen LogP) is 18.2.